The maximum Gasteiger partial charge on any atom is 0.219 e. The zero-order chi connectivity index (χ0) is 15.2. The molecule has 5 heteroatoms. The number of pyridine rings is 1. The van der Waals surface area contributed by atoms with Crippen LogP contribution >= 0.6 is 15.9 Å². The molecular formula is C16H18BrFN2O. The number of rotatable bonds is 6. The van der Waals surface area contributed by atoms with Crippen LogP contribution in [0.15, 0.2) is 41.0 Å². The van der Waals surface area contributed by atoms with Crippen LogP contribution in [0.1, 0.15) is 31.9 Å². The number of hydrogen-bond acceptors (Lipinski definition) is 3. The molecule has 2 aromatic rings. The van der Waals surface area contributed by atoms with Crippen LogP contribution in [0.2, 0.25) is 0 Å². The SMILES string of the molecule is CCCNC(C)c1ccnc(Oc2ccc(Br)cc2F)c1. The van der Waals surface area contributed by atoms with E-state index < -0.39 is 5.82 Å². The Bertz CT molecular complexity index is 607. The van der Waals surface area contributed by atoms with Crippen molar-refractivity contribution in [1.29, 1.82) is 0 Å². The van der Waals surface area contributed by atoms with Crippen LogP contribution in [0, 0.1) is 5.82 Å². The maximum absolute atomic E-state index is 13.8. The van der Waals surface area contributed by atoms with Gasteiger partial charge in [0.15, 0.2) is 11.6 Å². The average Bonchev–Trinajstić information content (AvgIpc) is 2.48. The Hall–Kier alpha value is -1.46. The summed E-state index contributed by atoms with van der Waals surface area (Å²) in [6.45, 7) is 5.15. The molecule has 1 aromatic carbocycles. The molecule has 1 aromatic heterocycles. The highest BCUT2D eigenvalue weighted by molar-refractivity contribution is 9.10. The van der Waals surface area contributed by atoms with E-state index in [9.17, 15) is 4.39 Å². The van der Waals surface area contributed by atoms with E-state index >= 15 is 0 Å². The molecule has 1 atom stereocenters. The van der Waals surface area contributed by atoms with Gasteiger partial charge >= 0.3 is 0 Å². The lowest BCUT2D eigenvalue weighted by atomic mass is 10.1. The molecule has 0 aliphatic carbocycles. The Kier molecular flexibility index (Phi) is 5.70. The third-order valence-corrected chi connectivity index (χ3v) is 3.56. The number of aromatic nitrogens is 1. The van der Waals surface area contributed by atoms with Crippen molar-refractivity contribution in [3.05, 3.63) is 52.4 Å². The number of benzene rings is 1. The second-order valence-electron chi connectivity index (χ2n) is 4.78. The van der Waals surface area contributed by atoms with Crippen LogP contribution in [0.25, 0.3) is 0 Å². The lowest BCUT2D eigenvalue weighted by Gasteiger charge is -2.14. The van der Waals surface area contributed by atoms with Crippen LogP contribution in [-0.4, -0.2) is 11.5 Å². The fraction of sp³-hybridized carbons (Fsp3) is 0.312. The first kappa shape index (κ1) is 15.9. The first-order chi connectivity index (χ1) is 10.1. The average molecular weight is 353 g/mol. The van der Waals surface area contributed by atoms with Gasteiger partial charge in [-0.3, -0.25) is 0 Å². The van der Waals surface area contributed by atoms with Crippen LogP contribution in [0.4, 0.5) is 4.39 Å². The summed E-state index contributed by atoms with van der Waals surface area (Å²) in [6, 6.07) is 8.63. The van der Waals surface area contributed by atoms with Crippen molar-refractivity contribution in [2.45, 2.75) is 26.3 Å². The summed E-state index contributed by atoms with van der Waals surface area (Å²) in [6.07, 6.45) is 2.74. The number of nitrogens with zero attached hydrogens (tertiary/aromatic N) is 1. The van der Waals surface area contributed by atoms with Crippen molar-refractivity contribution in [1.82, 2.24) is 10.3 Å². The largest absolute Gasteiger partial charge is 0.436 e. The van der Waals surface area contributed by atoms with Gasteiger partial charge in [-0.15, -0.1) is 0 Å². The fourth-order valence-corrected chi connectivity index (χ4v) is 2.23. The molecule has 0 saturated carbocycles. The van der Waals surface area contributed by atoms with Gasteiger partial charge in [-0.2, -0.15) is 0 Å². The number of ether oxygens (including phenoxy) is 1. The molecule has 2 rings (SSSR count). The number of hydrogen-bond donors (Lipinski definition) is 1. The second kappa shape index (κ2) is 7.52. The third kappa shape index (κ3) is 4.51. The molecule has 0 fully saturated rings. The summed E-state index contributed by atoms with van der Waals surface area (Å²) in [5.41, 5.74) is 1.06. The Balaban J connectivity index is 2.13. The standard InChI is InChI=1S/C16H18BrFN2O/c1-3-7-19-11(2)12-6-8-20-16(9-12)21-15-5-4-13(17)10-14(15)18/h4-6,8-11,19H,3,7H2,1-2H3. The highest BCUT2D eigenvalue weighted by Gasteiger charge is 2.09. The van der Waals surface area contributed by atoms with E-state index in [1.807, 2.05) is 12.1 Å². The highest BCUT2D eigenvalue weighted by atomic mass is 79.9. The molecule has 0 radical (unpaired) electrons. The molecule has 3 nitrogen and oxygen atoms in total. The third-order valence-electron chi connectivity index (χ3n) is 3.07. The van der Waals surface area contributed by atoms with Gasteiger partial charge in [0, 0.05) is 22.8 Å². The fourth-order valence-electron chi connectivity index (χ4n) is 1.90. The summed E-state index contributed by atoms with van der Waals surface area (Å²) < 4.78 is 20.0. The normalized spacial score (nSPS) is 12.2. The Morgan fingerprint density at radius 2 is 2.14 bits per heavy atom. The van der Waals surface area contributed by atoms with Gasteiger partial charge in [-0.25, -0.2) is 9.37 Å². The van der Waals surface area contributed by atoms with Crippen LogP contribution in [0.3, 0.4) is 0 Å². The van der Waals surface area contributed by atoms with E-state index in [-0.39, 0.29) is 11.8 Å². The van der Waals surface area contributed by atoms with Gasteiger partial charge in [0.05, 0.1) is 0 Å². The summed E-state index contributed by atoms with van der Waals surface area (Å²) in [5, 5.41) is 3.39. The van der Waals surface area contributed by atoms with Crippen molar-refractivity contribution in [3.63, 3.8) is 0 Å². The summed E-state index contributed by atoms with van der Waals surface area (Å²) in [7, 11) is 0. The first-order valence-corrected chi connectivity index (χ1v) is 7.71. The van der Waals surface area contributed by atoms with Crippen molar-refractivity contribution >= 4 is 15.9 Å². The summed E-state index contributed by atoms with van der Waals surface area (Å²) in [4.78, 5) is 4.13. The number of nitrogens with one attached hydrogen (secondary N) is 1. The van der Waals surface area contributed by atoms with Gasteiger partial charge in [0.2, 0.25) is 5.88 Å². The van der Waals surface area contributed by atoms with Gasteiger partial charge < -0.3 is 10.1 Å². The molecular weight excluding hydrogens is 335 g/mol. The van der Waals surface area contributed by atoms with E-state index in [1.165, 1.54) is 6.07 Å². The highest BCUT2D eigenvalue weighted by Crippen LogP contribution is 2.27. The van der Waals surface area contributed by atoms with Gasteiger partial charge in [0.25, 0.3) is 0 Å². The summed E-state index contributed by atoms with van der Waals surface area (Å²) in [5.74, 6) is 0.129. The molecule has 0 aliphatic heterocycles. The van der Waals surface area contributed by atoms with Crippen molar-refractivity contribution in [2.24, 2.45) is 0 Å². The van der Waals surface area contributed by atoms with Crippen LogP contribution in [0.5, 0.6) is 11.6 Å². The Morgan fingerprint density at radius 1 is 1.33 bits per heavy atom. The topological polar surface area (TPSA) is 34.2 Å². The maximum atomic E-state index is 13.8. The van der Waals surface area contributed by atoms with Crippen LogP contribution in [-0.2, 0) is 0 Å². The van der Waals surface area contributed by atoms with Crippen LogP contribution < -0.4 is 10.1 Å². The lowest BCUT2D eigenvalue weighted by Crippen LogP contribution is -2.19. The van der Waals surface area contributed by atoms with E-state index in [2.05, 4.69) is 40.1 Å². The molecule has 0 saturated heterocycles. The van der Waals surface area contributed by atoms with Gasteiger partial charge in [-0.1, -0.05) is 22.9 Å². The summed E-state index contributed by atoms with van der Waals surface area (Å²) >= 11 is 3.22. The molecule has 21 heavy (non-hydrogen) atoms. The van der Waals surface area contributed by atoms with E-state index in [0.29, 0.717) is 10.4 Å². The van der Waals surface area contributed by atoms with Gasteiger partial charge in [0.1, 0.15) is 0 Å². The zero-order valence-corrected chi connectivity index (χ0v) is 13.7. The van der Waals surface area contributed by atoms with Crippen molar-refractivity contribution in [3.8, 4) is 11.6 Å². The molecule has 0 aliphatic rings. The van der Waals surface area contributed by atoms with Crippen molar-refractivity contribution < 1.29 is 9.13 Å². The minimum Gasteiger partial charge on any atom is -0.436 e. The molecule has 112 valence electrons. The molecule has 1 unspecified atom stereocenters. The Labute approximate surface area is 132 Å². The van der Waals surface area contributed by atoms with Gasteiger partial charge in [-0.05, 0) is 49.7 Å². The predicted octanol–water partition coefficient (Wildman–Crippen LogP) is 4.84. The molecule has 1 N–H and O–H groups in total. The first-order valence-electron chi connectivity index (χ1n) is 6.92. The lowest BCUT2D eigenvalue weighted by molar-refractivity contribution is 0.425. The quantitative estimate of drug-likeness (QED) is 0.807. The smallest absolute Gasteiger partial charge is 0.219 e. The van der Waals surface area contributed by atoms with E-state index in [4.69, 9.17) is 4.74 Å². The minimum absolute atomic E-state index is 0.164. The van der Waals surface area contributed by atoms with E-state index in [0.717, 1.165) is 18.5 Å². The predicted molar refractivity (Wildman–Crippen MR) is 85.1 cm³/mol. The molecule has 0 bridgehead atoms. The monoisotopic (exact) mass is 352 g/mol. The molecule has 0 spiro atoms. The van der Waals surface area contributed by atoms with E-state index in [1.54, 1.807) is 18.3 Å². The Morgan fingerprint density at radius 3 is 2.86 bits per heavy atom. The zero-order valence-electron chi connectivity index (χ0n) is 12.1. The molecule has 1 heterocycles. The number of halogens is 2. The van der Waals surface area contributed by atoms with Crippen molar-refractivity contribution in [2.75, 3.05) is 6.54 Å². The molecule has 0 amide bonds. The minimum atomic E-state index is -0.422. The second-order valence-corrected chi connectivity index (χ2v) is 5.70.